The standard InChI is InChI=1S/C11H9BrFNO3S2/c12-9-2-1-8(13)4-10(9)14-19(16,17)11-3-7(5-15)6-18-11/h1-4,6,14-15H,5H2. The molecule has 0 saturated carbocycles. The first kappa shape index (κ1) is 14.4. The Labute approximate surface area is 122 Å². The molecular formula is C11H9BrFNO3S2. The van der Waals surface area contributed by atoms with E-state index in [1.165, 1.54) is 18.2 Å². The van der Waals surface area contributed by atoms with Crippen LogP contribution in [0.15, 0.2) is 38.3 Å². The minimum absolute atomic E-state index is 0.0627. The summed E-state index contributed by atoms with van der Waals surface area (Å²) in [7, 11) is -3.78. The molecule has 2 aromatic rings. The van der Waals surface area contributed by atoms with Crippen LogP contribution in [0.4, 0.5) is 10.1 Å². The molecule has 102 valence electrons. The molecule has 0 aliphatic carbocycles. The van der Waals surface area contributed by atoms with Gasteiger partial charge in [-0.1, -0.05) is 0 Å². The number of hydrogen-bond donors (Lipinski definition) is 2. The number of sulfonamides is 1. The molecule has 8 heteroatoms. The summed E-state index contributed by atoms with van der Waals surface area (Å²) in [6.07, 6.45) is 0. The molecular weight excluding hydrogens is 357 g/mol. The van der Waals surface area contributed by atoms with Crippen molar-refractivity contribution in [3.8, 4) is 0 Å². The van der Waals surface area contributed by atoms with Crippen molar-refractivity contribution in [1.29, 1.82) is 0 Å². The molecule has 19 heavy (non-hydrogen) atoms. The highest BCUT2D eigenvalue weighted by Gasteiger charge is 2.18. The highest BCUT2D eigenvalue weighted by atomic mass is 79.9. The minimum Gasteiger partial charge on any atom is -0.392 e. The molecule has 0 unspecified atom stereocenters. The normalized spacial score (nSPS) is 11.5. The van der Waals surface area contributed by atoms with Gasteiger partial charge >= 0.3 is 0 Å². The Hall–Kier alpha value is -0.960. The molecule has 0 fully saturated rings. The fourth-order valence-electron chi connectivity index (χ4n) is 1.35. The number of rotatable bonds is 4. The van der Waals surface area contributed by atoms with Crippen LogP contribution in [0.25, 0.3) is 0 Å². The highest BCUT2D eigenvalue weighted by molar-refractivity contribution is 9.10. The Morgan fingerprint density at radius 2 is 2.11 bits per heavy atom. The second kappa shape index (κ2) is 5.58. The Morgan fingerprint density at radius 3 is 2.74 bits per heavy atom. The average molecular weight is 366 g/mol. The van der Waals surface area contributed by atoms with Gasteiger partial charge in [0.15, 0.2) is 0 Å². The molecule has 2 N–H and O–H groups in total. The van der Waals surface area contributed by atoms with Gasteiger partial charge in [0.05, 0.1) is 12.3 Å². The van der Waals surface area contributed by atoms with E-state index < -0.39 is 15.8 Å². The molecule has 2 rings (SSSR count). The molecule has 4 nitrogen and oxygen atoms in total. The second-order valence-electron chi connectivity index (χ2n) is 3.66. The maximum absolute atomic E-state index is 13.1. The summed E-state index contributed by atoms with van der Waals surface area (Å²) in [4.78, 5) is 0. The van der Waals surface area contributed by atoms with Crippen molar-refractivity contribution in [2.45, 2.75) is 10.8 Å². The summed E-state index contributed by atoms with van der Waals surface area (Å²) in [6.45, 7) is -0.227. The van der Waals surface area contributed by atoms with Gasteiger partial charge in [0, 0.05) is 4.47 Å². The van der Waals surface area contributed by atoms with Gasteiger partial charge in [-0.3, -0.25) is 4.72 Å². The van der Waals surface area contributed by atoms with E-state index in [0.29, 0.717) is 10.0 Å². The molecule has 0 aliphatic heterocycles. The summed E-state index contributed by atoms with van der Waals surface area (Å²) in [6, 6.07) is 5.10. The number of benzene rings is 1. The van der Waals surface area contributed by atoms with E-state index in [1.54, 1.807) is 5.38 Å². The van der Waals surface area contributed by atoms with Crippen LogP contribution in [0.2, 0.25) is 0 Å². The minimum atomic E-state index is -3.78. The van der Waals surface area contributed by atoms with Gasteiger partial charge in [0.25, 0.3) is 10.0 Å². The Kier molecular flexibility index (Phi) is 4.24. The van der Waals surface area contributed by atoms with Gasteiger partial charge in [-0.25, -0.2) is 12.8 Å². The second-order valence-corrected chi connectivity index (χ2v) is 7.34. The van der Waals surface area contributed by atoms with Crippen molar-refractivity contribution in [3.63, 3.8) is 0 Å². The zero-order chi connectivity index (χ0) is 14.0. The molecule has 1 aromatic heterocycles. The van der Waals surface area contributed by atoms with E-state index >= 15 is 0 Å². The van der Waals surface area contributed by atoms with Crippen LogP contribution >= 0.6 is 27.3 Å². The maximum Gasteiger partial charge on any atom is 0.271 e. The molecule has 0 spiro atoms. The maximum atomic E-state index is 13.1. The van der Waals surface area contributed by atoms with Gasteiger partial charge in [0.2, 0.25) is 0 Å². The monoisotopic (exact) mass is 365 g/mol. The lowest BCUT2D eigenvalue weighted by atomic mass is 10.3. The average Bonchev–Trinajstić information content (AvgIpc) is 2.83. The Morgan fingerprint density at radius 1 is 1.37 bits per heavy atom. The summed E-state index contributed by atoms with van der Waals surface area (Å²) in [5.41, 5.74) is 0.641. The molecule has 0 radical (unpaired) electrons. The van der Waals surface area contributed by atoms with Crippen molar-refractivity contribution < 1.29 is 17.9 Å². The Balaban J connectivity index is 2.33. The number of nitrogens with one attached hydrogen (secondary N) is 1. The third-order valence-corrected chi connectivity index (χ3v) is 5.80. The van der Waals surface area contributed by atoms with Crippen molar-refractivity contribution in [2.24, 2.45) is 0 Å². The first-order chi connectivity index (χ1) is 8.92. The van der Waals surface area contributed by atoms with E-state index in [9.17, 15) is 12.8 Å². The fraction of sp³-hybridized carbons (Fsp3) is 0.0909. The number of anilines is 1. The fourth-order valence-corrected chi connectivity index (χ4v) is 4.10. The largest absolute Gasteiger partial charge is 0.392 e. The molecule has 0 atom stereocenters. The van der Waals surface area contributed by atoms with Crippen LogP contribution in [0, 0.1) is 5.82 Å². The number of hydrogen-bond acceptors (Lipinski definition) is 4. The molecule has 0 bridgehead atoms. The number of aliphatic hydroxyl groups is 1. The van der Waals surface area contributed by atoms with Crippen molar-refractivity contribution in [3.05, 3.63) is 45.5 Å². The lowest BCUT2D eigenvalue weighted by Crippen LogP contribution is -2.12. The Bertz CT molecular complexity index is 700. The summed E-state index contributed by atoms with van der Waals surface area (Å²) < 4.78 is 40.0. The van der Waals surface area contributed by atoms with Crippen LogP contribution < -0.4 is 4.72 Å². The lowest BCUT2D eigenvalue weighted by Gasteiger charge is -2.08. The van der Waals surface area contributed by atoms with Crippen LogP contribution in [-0.2, 0) is 16.6 Å². The van der Waals surface area contributed by atoms with E-state index in [0.717, 1.165) is 17.4 Å². The van der Waals surface area contributed by atoms with Gasteiger partial charge < -0.3 is 5.11 Å². The van der Waals surface area contributed by atoms with Crippen molar-refractivity contribution >= 4 is 43.0 Å². The molecule has 0 amide bonds. The number of halogens is 2. The first-order valence-corrected chi connectivity index (χ1v) is 8.24. The third-order valence-electron chi connectivity index (χ3n) is 2.25. The molecule has 0 saturated heterocycles. The van der Waals surface area contributed by atoms with Crippen LogP contribution in [0.5, 0.6) is 0 Å². The molecule has 0 aliphatic rings. The van der Waals surface area contributed by atoms with E-state index in [4.69, 9.17) is 5.11 Å². The predicted molar refractivity (Wildman–Crippen MR) is 75.2 cm³/mol. The summed E-state index contributed by atoms with van der Waals surface area (Å²) >= 11 is 4.14. The van der Waals surface area contributed by atoms with Gasteiger partial charge in [0.1, 0.15) is 10.0 Å². The molecule has 1 heterocycles. The zero-order valence-electron chi connectivity index (χ0n) is 9.43. The van der Waals surface area contributed by atoms with Crippen LogP contribution in [0.1, 0.15) is 5.56 Å². The highest BCUT2D eigenvalue weighted by Crippen LogP contribution is 2.28. The predicted octanol–water partition coefficient (Wildman–Crippen LogP) is 2.94. The van der Waals surface area contributed by atoms with E-state index in [1.807, 2.05) is 0 Å². The van der Waals surface area contributed by atoms with E-state index in [-0.39, 0.29) is 16.5 Å². The van der Waals surface area contributed by atoms with Crippen LogP contribution in [-0.4, -0.2) is 13.5 Å². The van der Waals surface area contributed by atoms with Gasteiger partial charge in [-0.15, -0.1) is 11.3 Å². The number of aliphatic hydroxyl groups excluding tert-OH is 1. The molecule has 1 aromatic carbocycles. The topological polar surface area (TPSA) is 66.4 Å². The summed E-state index contributed by atoms with van der Waals surface area (Å²) in [5, 5.41) is 10.5. The summed E-state index contributed by atoms with van der Waals surface area (Å²) in [5.74, 6) is -0.539. The quantitative estimate of drug-likeness (QED) is 0.875. The van der Waals surface area contributed by atoms with Gasteiger partial charge in [-0.05, 0) is 51.1 Å². The third kappa shape index (κ3) is 3.33. The van der Waals surface area contributed by atoms with Crippen LogP contribution in [0.3, 0.4) is 0 Å². The van der Waals surface area contributed by atoms with Gasteiger partial charge in [-0.2, -0.15) is 0 Å². The number of thiophene rings is 1. The first-order valence-electron chi connectivity index (χ1n) is 5.08. The van der Waals surface area contributed by atoms with E-state index in [2.05, 4.69) is 20.7 Å². The lowest BCUT2D eigenvalue weighted by molar-refractivity contribution is 0.282. The smallest absolute Gasteiger partial charge is 0.271 e. The van der Waals surface area contributed by atoms with Crippen molar-refractivity contribution in [2.75, 3.05) is 4.72 Å². The zero-order valence-corrected chi connectivity index (χ0v) is 12.6. The van der Waals surface area contributed by atoms with Crippen molar-refractivity contribution in [1.82, 2.24) is 0 Å². The SMILES string of the molecule is O=S(=O)(Nc1cc(F)ccc1Br)c1cc(CO)cs1.